The minimum absolute atomic E-state index is 0.564. The van der Waals surface area contributed by atoms with Gasteiger partial charge < -0.3 is 5.32 Å². The van der Waals surface area contributed by atoms with E-state index in [1.54, 1.807) is 32.3 Å². The van der Waals surface area contributed by atoms with Crippen LogP contribution in [0, 0.1) is 13.8 Å². The van der Waals surface area contributed by atoms with Crippen LogP contribution in [0.4, 0.5) is 18.9 Å². The van der Waals surface area contributed by atoms with Crippen molar-refractivity contribution in [3.63, 3.8) is 0 Å². The summed E-state index contributed by atoms with van der Waals surface area (Å²) in [5, 5.41) is 2.99. The number of nitrogens with zero attached hydrogens (tertiary/aromatic N) is 2. The van der Waals surface area contributed by atoms with Crippen LogP contribution in [0.3, 0.4) is 0 Å². The van der Waals surface area contributed by atoms with E-state index < -0.39 is 11.9 Å². The summed E-state index contributed by atoms with van der Waals surface area (Å²) in [7, 11) is 1.73. The average molecular weight is 353 g/mol. The Labute approximate surface area is 143 Å². The molecule has 0 aliphatic carbocycles. The maximum Gasteiger partial charge on any atom is 0.398 e. The number of aliphatic imine (C=N–C) groups is 1. The zero-order valence-corrected chi connectivity index (χ0v) is 14.4. The summed E-state index contributed by atoms with van der Waals surface area (Å²) < 4.78 is 37.4. The first-order valence-electron chi connectivity index (χ1n) is 7.29. The number of rotatable bonds is 4. The summed E-state index contributed by atoms with van der Waals surface area (Å²) >= 11 is 0.777. The van der Waals surface area contributed by atoms with Crippen LogP contribution in [-0.4, -0.2) is 29.8 Å². The van der Waals surface area contributed by atoms with Gasteiger partial charge in [0.25, 0.3) is 0 Å². The Morgan fingerprint density at radius 1 is 1.21 bits per heavy atom. The van der Waals surface area contributed by atoms with Gasteiger partial charge in [0.1, 0.15) is 5.69 Å². The second-order valence-corrected chi connectivity index (χ2v) is 6.25. The highest BCUT2D eigenvalue weighted by Crippen LogP contribution is 2.33. The molecular weight excluding hydrogens is 335 g/mol. The SMILES string of the molecule is CN/C(=N\c1cc(SCC(F)(F)F)c(C)cc1C)c1ccccn1. The van der Waals surface area contributed by atoms with E-state index in [2.05, 4.69) is 15.3 Å². The average Bonchev–Trinajstić information content (AvgIpc) is 2.53. The van der Waals surface area contributed by atoms with Crippen LogP contribution in [0.5, 0.6) is 0 Å². The van der Waals surface area contributed by atoms with Gasteiger partial charge >= 0.3 is 6.18 Å². The van der Waals surface area contributed by atoms with Gasteiger partial charge in [-0.1, -0.05) is 12.1 Å². The minimum atomic E-state index is -4.20. The fraction of sp³-hybridized carbons (Fsp3) is 0.294. The van der Waals surface area contributed by atoms with Crippen LogP contribution < -0.4 is 5.32 Å². The van der Waals surface area contributed by atoms with E-state index in [0.29, 0.717) is 22.1 Å². The molecule has 24 heavy (non-hydrogen) atoms. The molecule has 0 spiro atoms. The van der Waals surface area contributed by atoms with Crippen LogP contribution in [-0.2, 0) is 0 Å². The van der Waals surface area contributed by atoms with Crippen molar-refractivity contribution in [2.75, 3.05) is 12.8 Å². The Morgan fingerprint density at radius 2 is 1.96 bits per heavy atom. The van der Waals surface area contributed by atoms with Crippen molar-refractivity contribution < 1.29 is 13.2 Å². The Morgan fingerprint density at radius 3 is 2.54 bits per heavy atom. The number of pyridine rings is 1. The number of aromatic nitrogens is 1. The molecule has 1 N–H and O–H groups in total. The van der Waals surface area contributed by atoms with Crippen molar-refractivity contribution in [1.29, 1.82) is 0 Å². The van der Waals surface area contributed by atoms with Crippen molar-refractivity contribution in [3.05, 3.63) is 53.3 Å². The molecule has 0 amide bonds. The molecule has 0 saturated heterocycles. The molecule has 7 heteroatoms. The molecule has 128 valence electrons. The van der Waals surface area contributed by atoms with Crippen LogP contribution in [0.15, 0.2) is 46.4 Å². The van der Waals surface area contributed by atoms with Gasteiger partial charge in [0.2, 0.25) is 0 Å². The van der Waals surface area contributed by atoms with Crippen LogP contribution in [0.1, 0.15) is 16.8 Å². The van der Waals surface area contributed by atoms with E-state index in [0.717, 1.165) is 22.9 Å². The first-order chi connectivity index (χ1) is 11.3. The standard InChI is InChI=1S/C17H18F3N3S/c1-11-8-12(2)15(24-10-17(18,19)20)9-14(11)23-16(21-3)13-6-4-5-7-22-13/h4-9H,10H2,1-3H3,(H,21,23). The zero-order chi connectivity index (χ0) is 17.7. The normalized spacial score (nSPS) is 12.3. The van der Waals surface area contributed by atoms with E-state index in [4.69, 9.17) is 0 Å². The Balaban J connectivity index is 2.37. The molecule has 2 aromatic rings. The Hall–Kier alpha value is -2.02. The number of nitrogens with one attached hydrogen (secondary N) is 1. The predicted octanol–water partition coefficient (Wildman–Crippen LogP) is 4.65. The maximum atomic E-state index is 12.5. The zero-order valence-electron chi connectivity index (χ0n) is 13.6. The third-order valence-corrected chi connectivity index (χ3v) is 4.48. The summed E-state index contributed by atoms with van der Waals surface area (Å²) in [6.45, 7) is 3.69. The van der Waals surface area contributed by atoms with Gasteiger partial charge in [0.15, 0.2) is 5.84 Å². The highest BCUT2D eigenvalue weighted by molar-refractivity contribution is 7.99. The number of thioether (sulfide) groups is 1. The van der Waals surface area contributed by atoms with E-state index in [9.17, 15) is 13.2 Å². The Bertz CT molecular complexity index is 728. The predicted molar refractivity (Wildman–Crippen MR) is 92.2 cm³/mol. The van der Waals surface area contributed by atoms with Crippen molar-refractivity contribution in [1.82, 2.24) is 10.3 Å². The van der Waals surface area contributed by atoms with E-state index >= 15 is 0 Å². The second kappa shape index (κ2) is 7.70. The van der Waals surface area contributed by atoms with E-state index in [-0.39, 0.29) is 0 Å². The molecule has 0 atom stereocenters. The molecule has 0 aliphatic rings. The molecular formula is C17H18F3N3S. The smallest absolute Gasteiger partial charge is 0.371 e. The number of alkyl halides is 3. The number of halogens is 3. The molecule has 0 bridgehead atoms. The lowest BCUT2D eigenvalue weighted by molar-refractivity contribution is -0.105. The molecule has 0 saturated carbocycles. The first kappa shape index (κ1) is 18.3. The van der Waals surface area contributed by atoms with Crippen molar-refractivity contribution in [2.24, 2.45) is 4.99 Å². The largest absolute Gasteiger partial charge is 0.398 e. The highest BCUT2D eigenvalue weighted by atomic mass is 32.2. The van der Waals surface area contributed by atoms with Gasteiger partial charge in [0.05, 0.1) is 11.4 Å². The molecule has 1 heterocycles. The van der Waals surface area contributed by atoms with Gasteiger partial charge in [-0.05, 0) is 43.2 Å². The maximum absolute atomic E-state index is 12.5. The summed E-state index contributed by atoms with van der Waals surface area (Å²) in [4.78, 5) is 9.36. The molecule has 0 radical (unpaired) electrons. The molecule has 0 fully saturated rings. The van der Waals surface area contributed by atoms with Gasteiger partial charge in [-0.25, -0.2) is 4.99 Å². The molecule has 2 rings (SSSR count). The van der Waals surface area contributed by atoms with Gasteiger partial charge in [-0.2, -0.15) is 13.2 Å². The summed E-state index contributed by atoms with van der Waals surface area (Å²) in [6.07, 6.45) is -2.54. The first-order valence-corrected chi connectivity index (χ1v) is 8.27. The monoisotopic (exact) mass is 353 g/mol. The van der Waals surface area contributed by atoms with Crippen LogP contribution in [0.25, 0.3) is 0 Å². The van der Waals surface area contributed by atoms with E-state index in [1.165, 1.54) is 0 Å². The topological polar surface area (TPSA) is 37.3 Å². The number of benzene rings is 1. The number of hydrogen-bond acceptors (Lipinski definition) is 3. The quantitative estimate of drug-likeness (QED) is 0.494. The number of amidine groups is 1. The lowest BCUT2D eigenvalue weighted by Gasteiger charge is -2.12. The van der Waals surface area contributed by atoms with Crippen LogP contribution in [0.2, 0.25) is 0 Å². The molecule has 0 aliphatic heterocycles. The van der Waals surface area contributed by atoms with E-state index in [1.807, 2.05) is 25.1 Å². The lowest BCUT2D eigenvalue weighted by atomic mass is 10.1. The fourth-order valence-electron chi connectivity index (χ4n) is 2.12. The second-order valence-electron chi connectivity index (χ2n) is 5.23. The fourth-order valence-corrected chi connectivity index (χ4v) is 2.92. The number of hydrogen-bond donors (Lipinski definition) is 1. The van der Waals surface area contributed by atoms with Crippen molar-refractivity contribution in [3.8, 4) is 0 Å². The summed E-state index contributed by atoms with van der Waals surface area (Å²) in [5.74, 6) is -0.353. The van der Waals surface area contributed by atoms with Crippen molar-refractivity contribution in [2.45, 2.75) is 24.9 Å². The summed E-state index contributed by atoms with van der Waals surface area (Å²) in [5.41, 5.74) is 3.00. The van der Waals surface area contributed by atoms with Gasteiger partial charge in [-0.3, -0.25) is 4.98 Å². The van der Waals surface area contributed by atoms with Crippen LogP contribution >= 0.6 is 11.8 Å². The molecule has 0 unspecified atom stereocenters. The van der Waals surface area contributed by atoms with Gasteiger partial charge in [-0.15, -0.1) is 11.8 Å². The molecule has 1 aromatic carbocycles. The number of aryl methyl sites for hydroxylation is 2. The van der Waals surface area contributed by atoms with Gasteiger partial charge in [0, 0.05) is 18.1 Å². The Kier molecular flexibility index (Phi) is 5.88. The molecule has 1 aromatic heterocycles. The lowest BCUT2D eigenvalue weighted by Crippen LogP contribution is -2.20. The summed E-state index contributed by atoms with van der Waals surface area (Å²) in [6, 6.07) is 9.02. The highest BCUT2D eigenvalue weighted by Gasteiger charge is 2.27. The van der Waals surface area contributed by atoms with Crippen molar-refractivity contribution >= 4 is 23.3 Å². The third kappa shape index (κ3) is 4.99. The molecule has 3 nitrogen and oxygen atoms in total. The minimum Gasteiger partial charge on any atom is -0.371 e. The third-order valence-electron chi connectivity index (χ3n) is 3.26.